The topological polar surface area (TPSA) is 92.4 Å². The van der Waals surface area contributed by atoms with Gasteiger partial charge < -0.3 is 27.0 Å². The summed E-state index contributed by atoms with van der Waals surface area (Å²) in [5.41, 5.74) is 2.19. The normalized spacial score (nSPS) is 4.38. The van der Waals surface area contributed by atoms with Crippen LogP contribution in [0.1, 0.15) is 34.6 Å². The number of nitrogens with two attached hydrogens (primary N) is 1. The molecule has 97 valence electrons. The first-order valence-electron chi connectivity index (χ1n) is 4.47. The van der Waals surface area contributed by atoms with E-state index in [1.54, 1.807) is 0 Å². The Morgan fingerprint density at radius 2 is 1.50 bits per heavy atom. The van der Waals surface area contributed by atoms with E-state index < -0.39 is 0 Å². The Morgan fingerprint density at radius 1 is 1.44 bits per heavy atom. The molecule has 0 bridgehead atoms. The molecule has 4 N–H and O–H groups in total. The van der Waals surface area contributed by atoms with Crippen LogP contribution in [0.3, 0.4) is 0 Å². The maximum atomic E-state index is 9.33. The van der Waals surface area contributed by atoms with Crippen LogP contribution in [0.25, 0.3) is 0 Å². The van der Waals surface area contributed by atoms with Gasteiger partial charge in [0.1, 0.15) is 0 Å². The predicted molar refractivity (Wildman–Crippen MR) is 64.6 cm³/mol. The fourth-order valence-electron chi connectivity index (χ4n) is 0. The molecule has 0 aromatic carbocycles. The summed E-state index contributed by atoms with van der Waals surface area (Å²) in [6, 6.07) is 0. The van der Waals surface area contributed by atoms with E-state index in [1.165, 1.54) is 13.1 Å². The van der Waals surface area contributed by atoms with Crippen LogP contribution in [0.15, 0.2) is 12.8 Å². The second-order valence-electron chi connectivity index (χ2n) is 1.16. The minimum absolute atomic E-state index is 0. The molecule has 0 amide bonds. The number of hydrogen-bond donors (Lipinski definition) is 3. The molecule has 0 heterocycles. The minimum Gasteiger partial charge on any atom is -0.665 e. The standard InChI is InChI=1S/C3H5O.C2H6N2.2C2H6.CHO2.Y/c1-3(2)4;1-2-4-3;2*1-2;2-1-3;/h1H2,2H3;2,4H,1,3H2;2*1-2H3;(H,2,3);/q-1;;;;-1;. The van der Waals surface area contributed by atoms with Crippen LogP contribution >= 0.6 is 0 Å². The zero-order valence-corrected chi connectivity index (χ0v) is 13.7. The summed E-state index contributed by atoms with van der Waals surface area (Å²) in [7, 11) is 0. The summed E-state index contributed by atoms with van der Waals surface area (Å²) in [5, 5.41) is 6.76. The van der Waals surface area contributed by atoms with Crippen LogP contribution in [0.4, 0.5) is 0 Å². The van der Waals surface area contributed by atoms with E-state index in [1.807, 2.05) is 27.7 Å². The Kier molecular flexibility index (Phi) is 194. The number of carbonyl (C=O) groups excluding carboxylic acids is 1. The van der Waals surface area contributed by atoms with Crippen LogP contribution in [-0.4, -0.2) is 17.4 Å². The van der Waals surface area contributed by atoms with E-state index in [2.05, 4.69) is 24.8 Å². The number of ketones is 1. The van der Waals surface area contributed by atoms with Crippen molar-refractivity contribution in [1.82, 2.24) is 5.43 Å². The number of rotatable bonds is 1. The Bertz CT molecular complexity index is 108. The van der Waals surface area contributed by atoms with Gasteiger partial charge in [-0.2, -0.15) is 0 Å². The fraction of sp³-hybridized carbons (Fsp3) is 0.500. The number of Topliss-reactive ketones (excluding diaryl/α,β-unsaturated/α-hetero) is 1. The molecule has 0 fully saturated rings. The van der Waals surface area contributed by atoms with Crippen molar-refractivity contribution in [1.29, 1.82) is 0 Å². The molecule has 0 unspecified atom stereocenters. The Morgan fingerprint density at radius 3 is 1.50 bits per heavy atom. The summed E-state index contributed by atoms with van der Waals surface area (Å²) in [6.07, 6.45) is 1.40. The number of carbonyl (C=O) groups is 1. The van der Waals surface area contributed by atoms with Crippen LogP contribution in [-0.2, 0) is 42.3 Å². The van der Waals surface area contributed by atoms with Crippen molar-refractivity contribution in [2.75, 3.05) is 0 Å². The van der Waals surface area contributed by atoms with E-state index in [4.69, 9.17) is 9.90 Å². The van der Waals surface area contributed by atoms with Crippen molar-refractivity contribution in [3.63, 3.8) is 0 Å². The third-order valence-electron chi connectivity index (χ3n) is 0.118. The molecule has 16 heavy (non-hydrogen) atoms. The van der Waals surface area contributed by atoms with Crippen LogP contribution < -0.4 is 11.3 Å². The van der Waals surface area contributed by atoms with Crippen molar-refractivity contribution >= 4 is 12.3 Å². The molecule has 0 aliphatic rings. The molecule has 0 saturated carbocycles. The van der Waals surface area contributed by atoms with Gasteiger partial charge in [0, 0.05) is 38.9 Å². The summed E-state index contributed by atoms with van der Waals surface area (Å²) in [4.78, 5) is 17.6. The molecule has 6 heteroatoms. The minimum atomic E-state index is -0.0833. The molecule has 0 saturated heterocycles. The maximum Gasteiger partial charge on any atom is 0.00506 e. The first-order chi connectivity index (χ1) is 7.06. The molecule has 1 radical (unpaired) electrons. The smallest absolute Gasteiger partial charge is 0.00506 e. The first-order valence-corrected chi connectivity index (χ1v) is 4.47. The average Bonchev–Trinajstić information content (AvgIpc) is 2.24. The molecule has 0 aromatic rings. The third-order valence-corrected chi connectivity index (χ3v) is 0.118. The number of nitrogens with one attached hydrogen (secondary N) is 1. The van der Waals surface area contributed by atoms with Gasteiger partial charge in [-0.15, -0.1) is 0 Å². The second kappa shape index (κ2) is 85.9. The van der Waals surface area contributed by atoms with Crippen molar-refractivity contribution in [3.05, 3.63) is 19.7 Å². The predicted octanol–water partition coefficient (Wildman–Crippen LogP) is 1.66. The summed E-state index contributed by atoms with van der Waals surface area (Å²) < 4.78 is 0. The Labute approximate surface area is 125 Å². The summed E-state index contributed by atoms with van der Waals surface area (Å²) >= 11 is 0. The van der Waals surface area contributed by atoms with Crippen molar-refractivity contribution in [3.8, 4) is 0 Å². The largest absolute Gasteiger partial charge is 0.665 e. The molecular formula is C10H24N2O3Y-2. The summed E-state index contributed by atoms with van der Waals surface area (Å²) in [6.45, 7) is 16.2. The van der Waals surface area contributed by atoms with Gasteiger partial charge in [0.2, 0.25) is 0 Å². The SMILES string of the molecule is C=CNN.CC.CC.O=[C-]O.[CH2-]C(C)=O.[Y]. The van der Waals surface area contributed by atoms with Gasteiger partial charge in [-0.3, -0.25) is 5.84 Å². The van der Waals surface area contributed by atoms with Gasteiger partial charge in [-0.1, -0.05) is 40.7 Å². The van der Waals surface area contributed by atoms with Crippen LogP contribution in [0.5, 0.6) is 0 Å². The van der Waals surface area contributed by atoms with Gasteiger partial charge in [0.15, 0.2) is 0 Å². The number of hydrogen-bond acceptors (Lipinski definition) is 4. The molecular weight excluding hydrogens is 285 g/mol. The molecule has 5 nitrogen and oxygen atoms in total. The van der Waals surface area contributed by atoms with Crippen molar-refractivity contribution in [2.45, 2.75) is 34.6 Å². The monoisotopic (exact) mass is 309 g/mol. The zero-order valence-electron chi connectivity index (χ0n) is 10.9. The molecule has 0 aliphatic carbocycles. The summed E-state index contributed by atoms with van der Waals surface area (Å²) in [5.74, 6) is 4.58. The zero-order chi connectivity index (χ0) is 13.7. The Balaban J connectivity index is -0.0000000199. The van der Waals surface area contributed by atoms with Gasteiger partial charge in [-0.05, 0) is 12.7 Å². The van der Waals surface area contributed by atoms with Gasteiger partial charge in [0.05, 0.1) is 0 Å². The maximum absolute atomic E-state index is 9.33. The Hall–Kier alpha value is -0.386. The van der Waals surface area contributed by atoms with E-state index in [0.717, 1.165) is 0 Å². The van der Waals surface area contributed by atoms with E-state index in [9.17, 15) is 4.79 Å². The quantitative estimate of drug-likeness (QED) is 0.389. The van der Waals surface area contributed by atoms with Gasteiger partial charge in [-0.25, -0.2) is 0 Å². The second-order valence-corrected chi connectivity index (χ2v) is 1.16. The molecule has 0 spiro atoms. The van der Waals surface area contributed by atoms with Crippen LogP contribution in [0, 0.1) is 6.92 Å². The first kappa shape index (κ1) is 36.1. The van der Waals surface area contributed by atoms with Crippen molar-refractivity contribution < 1.29 is 47.4 Å². The molecule has 0 aliphatic heterocycles. The average molecular weight is 309 g/mol. The van der Waals surface area contributed by atoms with E-state index >= 15 is 0 Å². The molecule has 0 atom stereocenters. The number of aliphatic hydroxyl groups excluding tert-OH is 1. The van der Waals surface area contributed by atoms with Gasteiger partial charge in [0.25, 0.3) is 0 Å². The molecule has 0 aromatic heterocycles. The third kappa shape index (κ3) is 5750. The number of hydrazine groups is 1. The van der Waals surface area contributed by atoms with Gasteiger partial charge >= 0.3 is 0 Å². The van der Waals surface area contributed by atoms with E-state index in [-0.39, 0.29) is 38.5 Å². The van der Waals surface area contributed by atoms with Crippen molar-refractivity contribution in [2.24, 2.45) is 5.84 Å². The fourth-order valence-corrected chi connectivity index (χ4v) is 0. The molecule has 0 rings (SSSR count). The van der Waals surface area contributed by atoms with Crippen LogP contribution in [0.2, 0.25) is 0 Å². The van der Waals surface area contributed by atoms with E-state index in [0.29, 0.717) is 6.47 Å².